The normalized spacial score (nSPS) is 21.0. The number of amides is 1. The van der Waals surface area contributed by atoms with Crippen molar-refractivity contribution in [2.24, 2.45) is 5.92 Å². The van der Waals surface area contributed by atoms with Crippen LogP contribution in [0.1, 0.15) is 57.9 Å². The van der Waals surface area contributed by atoms with Gasteiger partial charge in [0.05, 0.1) is 0 Å². The number of carbonyl (C=O) groups excluding carboxylic acids is 2. The third-order valence-corrected chi connectivity index (χ3v) is 5.62. The van der Waals surface area contributed by atoms with E-state index in [1.807, 2.05) is 24.4 Å². The molecular formula is C22H30N2O3. The number of esters is 1. The summed E-state index contributed by atoms with van der Waals surface area (Å²) in [6, 6.07) is 8.34. The smallest absolute Gasteiger partial charge is 0.306 e. The first-order valence-corrected chi connectivity index (χ1v) is 10.1. The number of carbonyl (C=O) groups is 2. The quantitative estimate of drug-likeness (QED) is 0.720. The van der Waals surface area contributed by atoms with Gasteiger partial charge in [-0.1, -0.05) is 38.0 Å². The molecule has 1 aromatic carbocycles. The zero-order valence-electron chi connectivity index (χ0n) is 16.3. The molecule has 1 fully saturated rings. The van der Waals surface area contributed by atoms with Crippen LogP contribution in [0.25, 0.3) is 10.9 Å². The lowest BCUT2D eigenvalue weighted by Gasteiger charge is -2.30. The number of para-hydroxylation sites is 1. The summed E-state index contributed by atoms with van der Waals surface area (Å²) in [6.07, 6.45) is 7.62. The Morgan fingerprint density at radius 3 is 2.85 bits per heavy atom. The van der Waals surface area contributed by atoms with Crippen LogP contribution in [0.3, 0.4) is 0 Å². The molecule has 27 heavy (non-hydrogen) atoms. The van der Waals surface area contributed by atoms with Crippen molar-refractivity contribution in [3.63, 3.8) is 0 Å². The second-order valence-corrected chi connectivity index (χ2v) is 7.72. The lowest BCUT2D eigenvalue weighted by Crippen LogP contribution is -2.45. The van der Waals surface area contributed by atoms with Gasteiger partial charge in [0, 0.05) is 29.6 Å². The summed E-state index contributed by atoms with van der Waals surface area (Å²) >= 11 is 0. The highest BCUT2D eigenvalue weighted by Crippen LogP contribution is 2.24. The van der Waals surface area contributed by atoms with Gasteiger partial charge in [-0.2, -0.15) is 0 Å². The third-order valence-electron chi connectivity index (χ3n) is 5.62. The van der Waals surface area contributed by atoms with Crippen LogP contribution in [0.5, 0.6) is 0 Å². The second kappa shape index (κ2) is 9.07. The SMILES string of the molecule is C[C@@H]1CCCC[C@H]1NC(=O)[C@@H](C)OC(=O)CCCc1c[nH]c2ccccc12. The van der Waals surface area contributed by atoms with Crippen LogP contribution in [-0.2, 0) is 20.7 Å². The molecule has 1 amide bonds. The van der Waals surface area contributed by atoms with Crippen LogP contribution in [0.15, 0.2) is 30.5 Å². The monoisotopic (exact) mass is 370 g/mol. The van der Waals surface area contributed by atoms with E-state index in [-0.39, 0.29) is 17.9 Å². The number of aryl methyl sites for hydroxylation is 1. The van der Waals surface area contributed by atoms with Gasteiger partial charge in [-0.05, 0) is 50.2 Å². The van der Waals surface area contributed by atoms with Crippen LogP contribution < -0.4 is 5.32 Å². The maximum atomic E-state index is 12.3. The highest BCUT2D eigenvalue weighted by atomic mass is 16.5. The second-order valence-electron chi connectivity index (χ2n) is 7.72. The summed E-state index contributed by atoms with van der Waals surface area (Å²) in [6.45, 7) is 3.83. The number of nitrogens with one attached hydrogen (secondary N) is 2. The van der Waals surface area contributed by atoms with Crippen molar-refractivity contribution < 1.29 is 14.3 Å². The van der Waals surface area contributed by atoms with Gasteiger partial charge in [0.2, 0.25) is 0 Å². The van der Waals surface area contributed by atoms with E-state index in [0.29, 0.717) is 18.8 Å². The Morgan fingerprint density at radius 1 is 1.26 bits per heavy atom. The molecule has 0 spiro atoms. The highest BCUT2D eigenvalue weighted by Gasteiger charge is 2.26. The largest absolute Gasteiger partial charge is 0.453 e. The van der Waals surface area contributed by atoms with Gasteiger partial charge in [-0.25, -0.2) is 0 Å². The topological polar surface area (TPSA) is 71.2 Å². The van der Waals surface area contributed by atoms with Crippen molar-refractivity contribution in [2.75, 3.05) is 0 Å². The molecule has 1 aliphatic rings. The van der Waals surface area contributed by atoms with E-state index in [9.17, 15) is 9.59 Å². The van der Waals surface area contributed by atoms with Crippen molar-refractivity contribution >= 4 is 22.8 Å². The van der Waals surface area contributed by atoms with E-state index in [1.165, 1.54) is 17.4 Å². The van der Waals surface area contributed by atoms with E-state index in [2.05, 4.69) is 23.3 Å². The lowest BCUT2D eigenvalue weighted by atomic mass is 9.86. The predicted molar refractivity (Wildman–Crippen MR) is 106 cm³/mol. The number of aromatic nitrogens is 1. The van der Waals surface area contributed by atoms with Crippen LogP contribution in [0.2, 0.25) is 0 Å². The molecule has 3 rings (SSSR count). The molecule has 0 bridgehead atoms. The number of fused-ring (bicyclic) bond motifs is 1. The summed E-state index contributed by atoms with van der Waals surface area (Å²) in [5.41, 5.74) is 2.31. The molecule has 3 atom stereocenters. The molecule has 2 N–H and O–H groups in total. The number of H-pyrrole nitrogens is 1. The molecule has 5 nitrogen and oxygen atoms in total. The number of rotatable bonds is 7. The van der Waals surface area contributed by atoms with Crippen molar-refractivity contribution in [3.8, 4) is 0 Å². The molecule has 0 aliphatic heterocycles. The van der Waals surface area contributed by atoms with E-state index in [4.69, 9.17) is 4.74 Å². The zero-order chi connectivity index (χ0) is 19.2. The molecule has 0 unspecified atom stereocenters. The Kier molecular flexibility index (Phi) is 6.54. The van der Waals surface area contributed by atoms with Crippen LogP contribution in [0.4, 0.5) is 0 Å². The summed E-state index contributed by atoms with van der Waals surface area (Å²) in [7, 11) is 0. The first-order valence-electron chi connectivity index (χ1n) is 10.1. The molecule has 5 heteroatoms. The number of hydrogen-bond donors (Lipinski definition) is 2. The first kappa shape index (κ1) is 19.5. The predicted octanol–water partition coefficient (Wildman–Crippen LogP) is 4.12. The minimum absolute atomic E-state index is 0.182. The average molecular weight is 370 g/mol. The third kappa shape index (κ3) is 5.12. The molecule has 2 aromatic rings. The van der Waals surface area contributed by atoms with E-state index in [0.717, 1.165) is 31.2 Å². The maximum Gasteiger partial charge on any atom is 0.306 e. The fourth-order valence-electron chi connectivity index (χ4n) is 3.90. The average Bonchev–Trinajstić information content (AvgIpc) is 3.07. The summed E-state index contributed by atoms with van der Waals surface area (Å²) in [5.74, 6) is -0.00492. The number of benzene rings is 1. The van der Waals surface area contributed by atoms with Gasteiger partial charge in [-0.15, -0.1) is 0 Å². The molecule has 1 heterocycles. The van der Waals surface area contributed by atoms with Gasteiger partial charge in [0.25, 0.3) is 5.91 Å². The Labute approximate surface area is 160 Å². The minimum atomic E-state index is -0.736. The molecule has 1 aliphatic carbocycles. The molecule has 1 aromatic heterocycles. The summed E-state index contributed by atoms with van der Waals surface area (Å²) < 4.78 is 5.34. The molecular weight excluding hydrogens is 340 g/mol. The van der Waals surface area contributed by atoms with Gasteiger partial charge in [-0.3, -0.25) is 9.59 Å². The minimum Gasteiger partial charge on any atom is -0.453 e. The summed E-state index contributed by atoms with van der Waals surface area (Å²) in [4.78, 5) is 27.6. The molecule has 0 saturated heterocycles. The standard InChI is InChI=1S/C22H30N2O3/c1-15-8-3-5-11-19(15)24-22(26)16(2)27-21(25)13-7-9-17-14-23-20-12-6-4-10-18(17)20/h4,6,10,12,14-16,19,23H,3,5,7-9,11,13H2,1-2H3,(H,24,26)/t15-,16-,19-/m1/s1. The Balaban J connectivity index is 1.41. The van der Waals surface area contributed by atoms with Gasteiger partial charge >= 0.3 is 5.97 Å². The lowest BCUT2D eigenvalue weighted by molar-refractivity contribution is -0.155. The first-order chi connectivity index (χ1) is 13.0. The van der Waals surface area contributed by atoms with Gasteiger partial charge in [0.15, 0.2) is 6.10 Å². The number of aromatic amines is 1. The highest BCUT2D eigenvalue weighted by molar-refractivity contribution is 5.84. The van der Waals surface area contributed by atoms with Crippen LogP contribution in [0, 0.1) is 5.92 Å². The van der Waals surface area contributed by atoms with Crippen molar-refractivity contribution in [3.05, 3.63) is 36.0 Å². The fraction of sp³-hybridized carbons (Fsp3) is 0.545. The fourth-order valence-corrected chi connectivity index (χ4v) is 3.90. The van der Waals surface area contributed by atoms with Gasteiger partial charge < -0.3 is 15.0 Å². The van der Waals surface area contributed by atoms with Gasteiger partial charge in [0.1, 0.15) is 0 Å². The Bertz CT molecular complexity index is 783. The van der Waals surface area contributed by atoms with Crippen LogP contribution in [-0.4, -0.2) is 29.0 Å². The van der Waals surface area contributed by atoms with E-state index >= 15 is 0 Å². The Morgan fingerprint density at radius 2 is 2.04 bits per heavy atom. The Hall–Kier alpha value is -2.30. The number of hydrogen-bond acceptors (Lipinski definition) is 3. The molecule has 146 valence electrons. The van der Waals surface area contributed by atoms with Crippen molar-refractivity contribution in [2.45, 2.75) is 70.9 Å². The molecule has 0 radical (unpaired) electrons. The van der Waals surface area contributed by atoms with Crippen molar-refractivity contribution in [1.82, 2.24) is 10.3 Å². The summed E-state index contributed by atoms with van der Waals surface area (Å²) in [5, 5.41) is 4.25. The maximum absolute atomic E-state index is 12.3. The van der Waals surface area contributed by atoms with Crippen molar-refractivity contribution in [1.29, 1.82) is 0 Å². The molecule has 1 saturated carbocycles. The number of ether oxygens (including phenoxy) is 1. The zero-order valence-corrected chi connectivity index (χ0v) is 16.3. The van der Waals surface area contributed by atoms with E-state index in [1.54, 1.807) is 6.92 Å². The van der Waals surface area contributed by atoms with E-state index < -0.39 is 6.10 Å². The van der Waals surface area contributed by atoms with Crippen LogP contribution >= 0.6 is 0 Å².